The molecular formula is C30H24F2N4O. The molecule has 1 N–H and O–H groups in total. The van der Waals surface area contributed by atoms with Gasteiger partial charge in [0, 0.05) is 65.2 Å². The Hall–Kier alpha value is -4.65. The molecule has 0 bridgehead atoms. The topological polar surface area (TPSA) is 59.4 Å². The van der Waals surface area contributed by atoms with Crippen molar-refractivity contribution in [3.05, 3.63) is 120 Å². The van der Waals surface area contributed by atoms with Crippen LogP contribution in [0, 0.1) is 18.6 Å². The lowest BCUT2D eigenvalue weighted by molar-refractivity contribution is 0.478. The number of aromatic nitrogens is 2. The van der Waals surface area contributed by atoms with Gasteiger partial charge in [-0.05, 0) is 48.9 Å². The van der Waals surface area contributed by atoms with Gasteiger partial charge in [-0.1, -0.05) is 24.8 Å². The van der Waals surface area contributed by atoms with Crippen molar-refractivity contribution >= 4 is 17.5 Å². The molecule has 4 aromatic rings. The van der Waals surface area contributed by atoms with E-state index in [1.54, 1.807) is 18.5 Å². The van der Waals surface area contributed by atoms with Crippen LogP contribution in [-0.2, 0) is 6.54 Å². The van der Waals surface area contributed by atoms with Gasteiger partial charge in [-0.3, -0.25) is 15.0 Å². The summed E-state index contributed by atoms with van der Waals surface area (Å²) in [5.74, 6) is 0.0697. The lowest BCUT2D eigenvalue weighted by atomic mass is 10.0. The Morgan fingerprint density at radius 2 is 1.84 bits per heavy atom. The molecule has 5 rings (SSSR count). The average molecular weight is 495 g/mol. The second kappa shape index (κ2) is 10.5. The van der Waals surface area contributed by atoms with E-state index in [0.29, 0.717) is 29.3 Å². The Labute approximate surface area is 213 Å². The fourth-order valence-corrected chi connectivity index (χ4v) is 4.07. The van der Waals surface area contributed by atoms with Crippen molar-refractivity contribution in [2.45, 2.75) is 13.5 Å². The zero-order valence-electron chi connectivity index (χ0n) is 20.2. The van der Waals surface area contributed by atoms with Gasteiger partial charge in [0.25, 0.3) is 0 Å². The maximum absolute atomic E-state index is 13.5. The Morgan fingerprint density at radius 3 is 2.57 bits per heavy atom. The molecule has 5 nitrogen and oxygen atoms in total. The van der Waals surface area contributed by atoms with E-state index in [9.17, 15) is 8.78 Å². The zero-order chi connectivity index (χ0) is 25.8. The molecule has 3 heterocycles. The smallest absolute Gasteiger partial charge is 0.131 e. The van der Waals surface area contributed by atoms with E-state index in [1.807, 2.05) is 55.6 Å². The number of hydrogen-bond donors (Lipinski definition) is 1. The molecule has 0 radical (unpaired) electrons. The van der Waals surface area contributed by atoms with Crippen molar-refractivity contribution in [2.75, 3.05) is 6.54 Å². The highest BCUT2D eigenvalue weighted by Crippen LogP contribution is 2.31. The van der Waals surface area contributed by atoms with Crippen molar-refractivity contribution in [2.24, 2.45) is 4.99 Å². The van der Waals surface area contributed by atoms with Crippen molar-refractivity contribution in [3.8, 4) is 22.8 Å². The summed E-state index contributed by atoms with van der Waals surface area (Å²) in [6, 6.07) is 16.7. The Bertz CT molecular complexity index is 1510. The number of ether oxygens (including phenoxy) is 1. The Morgan fingerprint density at radius 1 is 1.00 bits per heavy atom. The molecule has 0 fully saturated rings. The number of pyridine rings is 2. The van der Waals surface area contributed by atoms with Crippen LogP contribution in [0.1, 0.15) is 22.4 Å². The van der Waals surface area contributed by atoms with Crippen LogP contribution in [0.15, 0.2) is 90.7 Å². The molecule has 7 heteroatoms. The summed E-state index contributed by atoms with van der Waals surface area (Å²) in [7, 11) is 0. The van der Waals surface area contributed by atoms with Crippen LogP contribution in [0.3, 0.4) is 0 Å². The Balaban J connectivity index is 1.30. The van der Waals surface area contributed by atoms with E-state index >= 15 is 0 Å². The summed E-state index contributed by atoms with van der Waals surface area (Å²) in [5.41, 5.74) is 6.34. The van der Waals surface area contributed by atoms with Gasteiger partial charge >= 0.3 is 0 Å². The number of benzene rings is 2. The van der Waals surface area contributed by atoms with Crippen molar-refractivity contribution in [3.63, 3.8) is 0 Å². The van der Waals surface area contributed by atoms with Gasteiger partial charge in [-0.15, -0.1) is 0 Å². The molecule has 37 heavy (non-hydrogen) atoms. The van der Waals surface area contributed by atoms with E-state index in [4.69, 9.17) is 4.74 Å². The second-order valence-electron chi connectivity index (χ2n) is 8.60. The van der Waals surface area contributed by atoms with Gasteiger partial charge in [0.15, 0.2) is 0 Å². The summed E-state index contributed by atoms with van der Waals surface area (Å²) in [4.78, 5) is 13.2. The molecule has 0 amide bonds. The quantitative estimate of drug-likeness (QED) is 0.294. The lowest BCUT2D eigenvalue weighted by Gasteiger charge is -2.16. The monoisotopic (exact) mass is 494 g/mol. The number of nitrogens with one attached hydrogen (secondary N) is 1. The number of rotatable bonds is 8. The van der Waals surface area contributed by atoms with Crippen LogP contribution >= 0.6 is 0 Å². The van der Waals surface area contributed by atoms with Crippen LogP contribution in [0.2, 0.25) is 0 Å². The highest BCUT2D eigenvalue weighted by molar-refractivity contribution is 6.10. The van der Waals surface area contributed by atoms with E-state index < -0.39 is 11.6 Å². The molecule has 1 aliphatic heterocycles. The molecule has 1 aliphatic rings. The first kappa shape index (κ1) is 24.1. The molecule has 0 spiro atoms. The summed E-state index contributed by atoms with van der Waals surface area (Å²) in [6.45, 7) is 6.97. The fourth-order valence-electron chi connectivity index (χ4n) is 4.07. The van der Waals surface area contributed by atoms with E-state index in [1.165, 1.54) is 12.1 Å². The first-order valence-corrected chi connectivity index (χ1v) is 11.7. The summed E-state index contributed by atoms with van der Waals surface area (Å²) in [5, 5.41) is 3.14. The van der Waals surface area contributed by atoms with Crippen molar-refractivity contribution in [1.82, 2.24) is 15.3 Å². The first-order valence-electron chi connectivity index (χ1n) is 11.7. The summed E-state index contributed by atoms with van der Waals surface area (Å²) in [6.07, 6.45) is 7.36. The van der Waals surface area contributed by atoms with Gasteiger partial charge in [0.1, 0.15) is 23.1 Å². The normalized spacial score (nSPS) is 12.4. The second-order valence-corrected chi connectivity index (χ2v) is 8.60. The summed E-state index contributed by atoms with van der Waals surface area (Å²) >= 11 is 0. The third-order valence-electron chi connectivity index (χ3n) is 6.00. The van der Waals surface area contributed by atoms with Gasteiger partial charge < -0.3 is 10.1 Å². The minimum absolute atomic E-state index is 0.239. The van der Waals surface area contributed by atoms with Gasteiger partial charge in [0.05, 0.1) is 17.9 Å². The van der Waals surface area contributed by atoms with Crippen molar-refractivity contribution < 1.29 is 13.5 Å². The van der Waals surface area contributed by atoms with Crippen LogP contribution < -0.4 is 10.1 Å². The predicted octanol–water partition coefficient (Wildman–Crippen LogP) is 6.75. The number of allylic oxidation sites excluding steroid dienone is 1. The molecule has 2 aromatic heterocycles. The SMILES string of the molecule is C=C(NCc1cc(F)cc(F)c1)c1cccc(Oc2ccnc(-c3ccc(C4=CCN=C4)nc3)c2)c1C. The van der Waals surface area contributed by atoms with Gasteiger partial charge in [-0.25, -0.2) is 8.78 Å². The number of hydrogen-bond acceptors (Lipinski definition) is 5. The largest absolute Gasteiger partial charge is 0.457 e. The zero-order valence-corrected chi connectivity index (χ0v) is 20.2. The minimum Gasteiger partial charge on any atom is -0.457 e. The van der Waals surface area contributed by atoms with Crippen LogP contribution in [0.4, 0.5) is 8.78 Å². The molecule has 0 atom stereocenters. The molecular weight excluding hydrogens is 470 g/mol. The predicted molar refractivity (Wildman–Crippen MR) is 142 cm³/mol. The molecule has 184 valence electrons. The average Bonchev–Trinajstić information content (AvgIpc) is 3.43. The van der Waals surface area contributed by atoms with Crippen LogP contribution in [0.25, 0.3) is 22.5 Å². The molecule has 0 saturated heterocycles. The third kappa shape index (κ3) is 5.62. The fraction of sp³-hybridized carbons (Fsp3) is 0.100. The first-order chi connectivity index (χ1) is 18.0. The molecule has 2 aromatic carbocycles. The number of aliphatic imine (C=N–C) groups is 1. The molecule has 0 aliphatic carbocycles. The Kier molecular flexibility index (Phi) is 6.85. The molecule has 0 unspecified atom stereocenters. The maximum Gasteiger partial charge on any atom is 0.131 e. The highest BCUT2D eigenvalue weighted by Gasteiger charge is 2.11. The van der Waals surface area contributed by atoms with E-state index in [-0.39, 0.29) is 6.54 Å². The van der Waals surface area contributed by atoms with Gasteiger partial charge in [0.2, 0.25) is 0 Å². The minimum atomic E-state index is -0.613. The maximum atomic E-state index is 13.5. The molecule has 0 saturated carbocycles. The standard InChI is InChI=1S/C30H24F2N4O/c1-19-27(20(2)35-16-21-12-24(31)14-25(32)13-21)4-3-5-30(19)37-26-9-11-34-29(15-26)22-6-7-28(36-18-22)23-8-10-33-17-23/h3-9,11-15,17-18,35H,2,10,16H2,1H3. The lowest BCUT2D eigenvalue weighted by Crippen LogP contribution is -2.12. The van der Waals surface area contributed by atoms with Crippen LogP contribution in [0.5, 0.6) is 11.5 Å². The highest BCUT2D eigenvalue weighted by atomic mass is 19.1. The van der Waals surface area contributed by atoms with E-state index in [0.717, 1.165) is 39.7 Å². The van der Waals surface area contributed by atoms with Gasteiger partial charge in [-0.2, -0.15) is 0 Å². The van der Waals surface area contributed by atoms with Crippen molar-refractivity contribution in [1.29, 1.82) is 0 Å². The summed E-state index contributed by atoms with van der Waals surface area (Å²) < 4.78 is 33.2. The number of halogens is 2. The third-order valence-corrected chi connectivity index (χ3v) is 6.00. The van der Waals surface area contributed by atoms with Crippen LogP contribution in [-0.4, -0.2) is 22.7 Å². The van der Waals surface area contributed by atoms with E-state index in [2.05, 4.69) is 26.9 Å². The number of nitrogens with zero attached hydrogens (tertiary/aromatic N) is 3.